The van der Waals surface area contributed by atoms with E-state index in [1.165, 1.54) is 5.56 Å². The van der Waals surface area contributed by atoms with Gasteiger partial charge in [0.1, 0.15) is 0 Å². The zero-order valence-electron chi connectivity index (χ0n) is 8.70. The van der Waals surface area contributed by atoms with Crippen LogP contribution < -0.4 is 11.1 Å². The zero-order valence-corrected chi connectivity index (χ0v) is 8.70. The number of nitrogen functional groups attached to an aromatic ring is 1. The van der Waals surface area contributed by atoms with E-state index in [1.54, 1.807) is 0 Å². The molecule has 76 valence electrons. The molecular formula is C13H14N2. The Balaban J connectivity index is 2.49. The molecule has 0 bridgehead atoms. The van der Waals surface area contributed by atoms with Crippen LogP contribution in [0.1, 0.15) is 0 Å². The molecule has 0 saturated carbocycles. The smallest absolute Gasteiger partial charge is 0.0364 e. The van der Waals surface area contributed by atoms with Crippen LogP contribution in [0.3, 0.4) is 0 Å². The Morgan fingerprint density at radius 2 is 1.67 bits per heavy atom. The second-order valence-corrected chi connectivity index (χ2v) is 3.46. The van der Waals surface area contributed by atoms with Gasteiger partial charge in [-0.3, -0.25) is 0 Å². The van der Waals surface area contributed by atoms with Crippen molar-refractivity contribution < 1.29 is 0 Å². The van der Waals surface area contributed by atoms with E-state index in [9.17, 15) is 0 Å². The fraction of sp³-hybridized carbons (Fsp3) is 0.0769. The monoisotopic (exact) mass is 198 g/mol. The highest BCUT2D eigenvalue weighted by atomic mass is 14.8. The molecule has 0 fully saturated rings. The molecule has 0 unspecified atom stereocenters. The molecule has 0 aliphatic rings. The van der Waals surface area contributed by atoms with Gasteiger partial charge in [-0.2, -0.15) is 0 Å². The summed E-state index contributed by atoms with van der Waals surface area (Å²) in [6, 6.07) is 16.2. The van der Waals surface area contributed by atoms with Gasteiger partial charge in [0, 0.05) is 18.4 Å². The van der Waals surface area contributed by atoms with E-state index >= 15 is 0 Å². The number of nitrogens with one attached hydrogen (secondary N) is 1. The van der Waals surface area contributed by atoms with Gasteiger partial charge in [-0.15, -0.1) is 0 Å². The van der Waals surface area contributed by atoms with Gasteiger partial charge >= 0.3 is 0 Å². The highest BCUT2D eigenvalue weighted by molar-refractivity contribution is 5.72. The molecule has 2 nitrogen and oxygen atoms in total. The van der Waals surface area contributed by atoms with Crippen LogP contribution in [0, 0.1) is 0 Å². The minimum Gasteiger partial charge on any atom is -0.399 e. The second-order valence-electron chi connectivity index (χ2n) is 3.46. The summed E-state index contributed by atoms with van der Waals surface area (Å²) >= 11 is 0. The molecule has 0 aliphatic carbocycles. The van der Waals surface area contributed by atoms with Gasteiger partial charge in [-0.1, -0.05) is 30.3 Å². The lowest BCUT2D eigenvalue weighted by molar-refractivity contribution is 1.50. The molecule has 2 rings (SSSR count). The maximum atomic E-state index is 5.83. The third-order valence-corrected chi connectivity index (χ3v) is 2.35. The van der Waals surface area contributed by atoms with Crippen LogP contribution in [-0.4, -0.2) is 7.05 Å². The Kier molecular flexibility index (Phi) is 2.59. The van der Waals surface area contributed by atoms with Gasteiger partial charge in [0.25, 0.3) is 0 Å². The molecule has 3 N–H and O–H groups in total. The lowest BCUT2D eigenvalue weighted by atomic mass is 10.0. The van der Waals surface area contributed by atoms with Gasteiger partial charge in [0.15, 0.2) is 0 Å². The van der Waals surface area contributed by atoms with Gasteiger partial charge in [0.05, 0.1) is 0 Å². The molecule has 0 saturated heterocycles. The molecule has 0 radical (unpaired) electrons. The van der Waals surface area contributed by atoms with E-state index in [0.717, 1.165) is 16.9 Å². The number of hydrogen-bond donors (Lipinski definition) is 2. The molecule has 2 heteroatoms. The predicted octanol–water partition coefficient (Wildman–Crippen LogP) is 2.98. The summed E-state index contributed by atoms with van der Waals surface area (Å²) in [5.41, 5.74) is 9.97. The van der Waals surface area contributed by atoms with E-state index in [-0.39, 0.29) is 0 Å². The van der Waals surface area contributed by atoms with Gasteiger partial charge in [-0.25, -0.2) is 0 Å². The highest BCUT2D eigenvalue weighted by Crippen LogP contribution is 2.25. The lowest BCUT2D eigenvalue weighted by Crippen LogP contribution is -1.92. The van der Waals surface area contributed by atoms with Crippen molar-refractivity contribution in [2.45, 2.75) is 0 Å². The van der Waals surface area contributed by atoms with Crippen LogP contribution in [-0.2, 0) is 0 Å². The van der Waals surface area contributed by atoms with E-state index in [1.807, 2.05) is 37.4 Å². The standard InChI is InChI=1S/C13H14N2/c1-15-13-8-11(7-12(14)9-13)10-5-3-2-4-6-10/h2-9,15H,14H2,1H3. The summed E-state index contributed by atoms with van der Waals surface area (Å²) in [4.78, 5) is 0. The molecule has 0 atom stereocenters. The average Bonchev–Trinajstić information content (AvgIpc) is 2.29. The number of rotatable bonds is 2. The van der Waals surface area contributed by atoms with Gasteiger partial charge in [0.2, 0.25) is 0 Å². The molecule has 15 heavy (non-hydrogen) atoms. The first-order chi connectivity index (χ1) is 7.29. The minimum absolute atomic E-state index is 0.778. The van der Waals surface area contributed by atoms with Crippen LogP contribution in [0.2, 0.25) is 0 Å². The van der Waals surface area contributed by atoms with Crippen molar-refractivity contribution in [2.75, 3.05) is 18.1 Å². The quantitative estimate of drug-likeness (QED) is 0.728. The summed E-state index contributed by atoms with van der Waals surface area (Å²) in [5.74, 6) is 0. The SMILES string of the molecule is CNc1cc(N)cc(-c2ccccc2)c1. The van der Waals surface area contributed by atoms with Crippen molar-refractivity contribution in [3.05, 3.63) is 48.5 Å². The maximum Gasteiger partial charge on any atom is 0.0364 e. The minimum atomic E-state index is 0.778. The van der Waals surface area contributed by atoms with E-state index in [0.29, 0.717) is 0 Å². The lowest BCUT2D eigenvalue weighted by Gasteiger charge is -2.07. The van der Waals surface area contributed by atoms with Crippen molar-refractivity contribution in [3.8, 4) is 11.1 Å². The summed E-state index contributed by atoms with van der Waals surface area (Å²) in [6.45, 7) is 0. The Morgan fingerprint density at radius 1 is 0.933 bits per heavy atom. The molecule has 0 amide bonds. The normalized spacial score (nSPS) is 9.93. The molecular weight excluding hydrogens is 184 g/mol. The second kappa shape index (κ2) is 4.05. The summed E-state index contributed by atoms with van der Waals surface area (Å²) in [5, 5.41) is 3.10. The fourth-order valence-electron chi connectivity index (χ4n) is 1.59. The third-order valence-electron chi connectivity index (χ3n) is 2.35. The molecule has 0 heterocycles. The van der Waals surface area contributed by atoms with E-state index in [4.69, 9.17) is 5.73 Å². The maximum absolute atomic E-state index is 5.83. The highest BCUT2D eigenvalue weighted by Gasteiger charge is 1.99. The zero-order chi connectivity index (χ0) is 10.7. The van der Waals surface area contributed by atoms with Crippen molar-refractivity contribution >= 4 is 11.4 Å². The Morgan fingerprint density at radius 3 is 2.33 bits per heavy atom. The van der Waals surface area contributed by atoms with Crippen molar-refractivity contribution in [1.29, 1.82) is 0 Å². The van der Waals surface area contributed by atoms with E-state index < -0.39 is 0 Å². The summed E-state index contributed by atoms with van der Waals surface area (Å²) in [7, 11) is 1.89. The molecule has 2 aromatic rings. The molecule has 2 aromatic carbocycles. The number of anilines is 2. The van der Waals surface area contributed by atoms with Gasteiger partial charge < -0.3 is 11.1 Å². The number of nitrogens with two attached hydrogens (primary N) is 1. The van der Waals surface area contributed by atoms with Crippen molar-refractivity contribution in [3.63, 3.8) is 0 Å². The summed E-state index contributed by atoms with van der Waals surface area (Å²) < 4.78 is 0. The van der Waals surface area contributed by atoms with Crippen LogP contribution in [0.25, 0.3) is 11.1 Å². The Bertz CT molecular complexity index is 449. The molecule has 0 spiro atoms. The number of benzene rings is 2. The first-order valence-corrected chi connectivity index (χ1v) is 4.93. The Hall–Kier alpha value is -1.96. The molecule has 0 aliphatic heterocycles. The topological polar surface area (TPSA) is 38.0 Å². The Labute approximate surface area is 89.7 Å². The van der Waals surface area contributed by atoms with Crippen molar-refractivity contribution in [1.82, 2.24) is 0 Å². The van der Waals surface area contributed by atoms with Crippen LogP contribution in [0.15, 0.2) is 48.5 Å². The van der Waals surface area contributed by atoms with E-state index in [2.05, 4.69) is 23.5 Å². The van der Waals surface area contributed by atoms with Crippen LogP contribution in [0.5, 0.6) is 0 Å². The van der Waals surface area contributed by atoms with Crippen LogP contribution in [0.4, 0.5) is 11.4 Å². The first kappa shape index (κ1) is 9.59. The first-order valence-electron chi connectivity index (χ1n) is 4.93. The largest absolute Gasteiger partial charge is 0.399 e. The fourth-order valence-corrected chi connectivity index (χ4v) is 1.59. The van der Waals surface area contributed by atoms with Crippen molar-refractivity contribution in [2.24, 2.45) is 0 Å². The summed E-state index contributed by atoms with van der Waals surface area (Å²) in [6.07, 6.45) is 0. The van der Waals surface area contributed by atoms with Crippen LogP contribution >= 0.6 is 0 Å². The third kappa shape index (κ3) is 2.10. The predicted molar refractivity (Wildman–Crippen MR) is 65.8 cm³/mol. The molecule has 0 aromatic heterocycles. The van der Waals surface area contributed by atoms with Gasteiger partial charge in [-0.05, 0) is 29.3 Å². The average molecular weight is 198 g/mol. The number of hydrogen-bond acceptors (Lipinski definition) is 2.